The van der Waals surface area contributed by atoms with Crippen LogP contribution in [0.2, 0.25) is 0 Å². The lowest BCUT2D eigenvalue weighted by Crippen LogP contribution is -2.46. The van der Waals surface area contributed by atoms with Crippen LogP contribution in [0.15, 0.2) is 0 Å². The second-order valence-electron chi connectivity index (χ2n) is 6.06. The molecule has 0 radical (unpaired) electrons. The Morgan fingerprint density at radius 3 is 2.67 bits per heavy atom. The van der Waals surface area contributed by atoms with Gasteiger partial charge in [0.1, 0.15) is 5.54 Å². The van der Waals surface area contributed by atoms with E-state index in [9.17, 15) is 4.79 Å². The normalized spacial score (nSPS) is 28.7. The Hall–Kier alpha value is -0.610. The fourth-order valence-corrected chi connectivity index (χ4v) is 2.56. The third kappa shape index (κ3) is 4.25. The molecule has 1 aliphatic heterocycles. The van der Waals surface area contributed by atoms with Crippen molar-refractivity contribution in [1.29, 1.82) is 0 Å². The summed E-state index contributed by atoms with van der Waals surface area (Å²) < 4.78 is 4.71. The fraction of sp³-hybridized carbons (Fsp3) is 0.929. The average Bonchev–Trinajstić information content (AvgIpc) is 2.32. The van der Waals surface area contributed by atoms with Gasteiger partial charge in [0, 0.05) is 6.54 Å². The predicted molar refractivity (Wildman–Crippen MR) is 73.2 cm³/mol. The van der Waals surface area contributed by atoms with Crippen molar-refractivity contribution in [3.8, 4) is 0 Å². The highest BCUT2D eigenvalue weighted by molar-refractivity contribution is 5.79. The number of hydrogen-bond donors (Lipinski definition) is 1. The third-order valence-electron chi connectivity index (χ3n) is 4.24. The van der Waals surface area contributed by atoms with Crippen molar-refractivity contribution in [2.45, 2.75) is 45.6 Å². The number of carbonyl (C=O) groups is 1. The number of carbonyl (C=O) groups excluding carboxylic acids is 1. The first-order chi connectivity index (χ1) is 8.36. The summed E-state index contributed by atoms with van der Waals surface area (Å²) in [5.41, 5.74) is 5.10. The Kier molecular flexibility index (Phi) is 5.60. The maximum absolute atomic E-state index is 11.4. The van der Waals surface area contributed by atoms with Gasteiger partial charge in [-0.2, -0.15) is 0 Å². The minimum absolute atomic E-state index is 0.317. The molecule has 1 rings (SSSR count). The summed E-state index contributed by atoms with van der Waals surface area (Å²) in [7, 11) is 1.39. The van der Waals surface area contributed by atoms with E-state index in [1.807, 2.05) is 0 Å². The highest BCUT2D eigenvalue weighted by atomic mass is 16.5. The molecule has 4 nitrogen and oxygen atoms in total. The summed E-state index contributed by atoms with van der Waals surface area (Å²) in [6.45, 7) is 9.76. The molecule has 0 aromatic heterocycles. The smallest absolute Gasteiger partial charge is 0.325 e. The molecule has 3 atom stereocenters. The van der Waals surface area contributed by atoms with Crippen molar-refractivity contribution >= 4 is 5.97 Å². The van der Waals surface area contributed by atoms with Crippen LogP contribution < -0.4 is 5.73 Å². The molecule has 0 bridgehead atoms. The van der Waals surface area contributed by atoms with Crippen LogP contribution >= 0.6 is 0 Å². The summed E-state index contributed by atoms with van der Waals surface area (Å²) >= 11 is 0. The average molecular weight is 256 g/mol. The molecule has 0 saturated carbocycles. The van der Waals surface area contributed by atoms with Crippen LogP contribution in [0, 0.1) is 11.8 Å². The maximum atomic E-state index is 11.4. The molecule has 1 saturated heterocycles. The predicted octanol–water partition coefficient (Wildman–Crippen LogP) is 1.63. The van der Waals surface area contributed by atoms with Crippen LogP contribution in [0.25, 0.3) is 0 Å². The Bertz CT molecular complexity index is 279. The Balaban J connectivity index is 2.28. The van der Waals surface area contributed by atoms with E-state index in [2.05, 4.69) is 18.7 Å². The summed E-state index contributed by atoms with van der Waals surface area (Å²) in [6, 6.07) is 0. The van der Waals surface area contributed by atoms with Gasteiger partial charge in [-0.1, -0.05) is 13.8 Å². The van der Waals surface area contributed by atoms with Gasteiger partial charge in [-0.05, 0) is 51.1 Å². The molecule has 106 valence electrons. The number of likely N-dealkylation sites (tertiary alicyclic amines) is 1. The van der Waals surface area contributed by atoms with E-state index >= 15 is 0 Å². The number of methoxy groups -OCH3 is 1. The molecule has 1 aliphatic rings. The molecule has 3 unspecified atom stereocenters. The highest BCUT2D eigenvalue weighted by Crippen LogP contribution is 2.23. The van der Waals surface area contributed by atoms with Gasteiger partial charge in [0.15, 0.2) is 0 Å². The molecule has 1 fully saturated rings. The maximum Gasteiger partial charge on any atom is 0.325 e. The van der Waals surface area contributed by atoms with Crippen molar-refractivity contribution in [2.75, 3.05) is 26.7 Å². The Morgan fingerprint density at radius 1 is 1.44 bits per heavy atom. The number of piperidine rings is 1. The first-order valence-electron chi connectivity index (χ1n) is 6.96. The molecule has 0 aromatic rings. The van der Waals surface area contributed by atoms with E-state index in [-0.39, 0.29) is 5.97 Å². The lowest BCUT2D eigenvalue weighted by Gasteiger charge is -2.35. The third-order valence-corrected chi connectivity index (χ3v) is 4.24. The minimum atomic E-state index is -0.844. The Morgan fingerprint density at radius 2 is 2.11 bits per heavy atom. The Labute approximate surface area is 111 Å². The molecule has 1 heterocycles. The SMILES string of the molecule is COC(=O)C(C)(N)CCCN1CCC(C)C(C)C1. The topological polar surface area (TPSA) is 55.6 Å². The fourth-order valence-electron chi connectivity index (χ4n) is 2.56. The monoisotopic (exact) mass is 256 g/mol. The van der Waals surface area contributed by atoms with Gasteiger partial charge < -0.3 is 15.4 Å². The second kappa shape index (κ2) is 6.53. The lowest BCUT2D eigenvalue weighted by atomic mass is 9.88. The lowest BCUT2D eigenvalue weighted by molar-refractivity contribution is -0.146. The summed E-state index contributed by atoms with van der Waals surface area (Å²) in [5, 5.41) is 0. The molecule has 18 heavy (non-hydrogen) atoms. The minimum Gasteiger partial charge on any atom is -0.468 e. The van der Waals surface area contributed by atoms with Gasteiger partial charge in [0.2, 0.25) is 0 Å². The zero-order chi connectivity index (χ0) is 13.8. The van der Waals surface area contributed by atoms with E-state index in [4.69, 9.17) is 10.5 Å². The quantitative estimate of drug-likeness (QED) is 0.760. The summed E-state index contributed by atoms with van der Waals surface area (Å²) in [5.74, 6) is 1.28. The molecule has 0 aromatic carbocycles. The second-order valence-corrected chi connectivity index (χ2v) is 6.06. The van der Waals surface area contributed by atoms with E-state index in [0.717, 1.165) is 24.8 Å². The zero-order valence-electron chi connectivity index (χ0n) is 12.2. The molecular formula is C14H28N2O2. The van der Waals surface area contributed by atoms with Gasteiger partial charge >= 0.3 is 5.97 Å². The van der Waals surface area contributed by atoms with Crippen molar-refractivity contribution in [1.82, 2.24) is 4.90 Å². The van der Waals surface area contributed by atoms with Crippen molar-refractivity contribution in [2.24, 2.45) is 17.6 Å². The van der Waals surface area contributed by atoms with Crippen molar-refractivity contribution < 1.29 is 9.53 Å². The molecule has 4 heteroatoms. The number of nitrogens with two attached hydrogens (primary N) is 1. The van der Waals surface area contributed by atoms with Crippen molar-refractivity contribution in [3.63, 3.8) is 0 Å². The van der Waals surface area contributed by atoms with E-state index < -0.39 is 5.54 Å². The molecule has 2 N–H and O–H groups in total. The first-order valence-corrected chi connectivity index (χ1v) is 6.96. The summed E-state index contributed by atoms with van der Waals surface area (Å²) in [6.07, 6.45) is 2.90. The van der Waals surface area contributed by atoms with Gasteiger partial charge in [-0.25, -0.2) is 0 Å². The van der Waals surface area contributed by atoms with Gasteiger partial charge in [-0.3, -0.25) is 4.79 Å². The number of rotatable bonds is 5. The van der Waals surface area contributed by atoms with Gasteiger partial charge in [-0.15, -0.1) is 0 Å². The van der Waals surface area contributed by atoms with E-state index in [1.54, 1.807) is 6.92 Å². The molecule has 0 aliphatic carbocycles. The standard InChI is InChI=1S/C14H28N2O2/c1-11-6-9-16(10-12(11)2)8-5-7-14(3,15)13(17)18-4/h11-12H,5-10,15H2,1-4H3. The van der Waals surface area contributed by atoms with Crippen molar-refractivity contribution in [3.05, 3.63) is 0 Å². The van der Waals surface area contributed by atoms with Crippen LogP contribution in [0.1, 0.15) is 40.0 Å². The number of ether oxygens (including phenoxy) is 1. The van der Waals surface area contributed by atoms with Crippen LogP contribution in [-0.2, 0) is 9.53 Å². The number of esters is 1. The highest BCUT2D eigenvalue weighted by Gasteiger charge is 2.29. The van der Waals surface area contributed by atoms with Crippen LogP contribution in [0.3, 0.4) is 0 Å². The molecule has 0 spiro atoms. The van der Waals surface area contributed by atoms with Crippen LogP contribution in [0.5, 0.6) is 0 Å². The summed E-state index contributed by atoms with van der Waals surface area (Å²) in [4.78, 5) is 13.9. The van der Waals surface area contributed by atoms with Crippen LogP contribution in [-0.4, -0.2) is 43.2 Å². The van der Waals surface area contributed by atoms with Crippen LogP contribution in [0.4, 0.5) is 0 Å². The first kappa shape index (κ1) is 15.4. The number of nitrogens with zero attached hydrogens (tertiary/aromatic N) is 1. The van der Waals surface area contributed by atoms with Gasteiger partial charge in [0.05, 0.1) is 7.11 Å². The van der Waals surface area contributed by atoms with Gasteiger partial charge in [0.25, 0.3) is 0 Å². The zero-order valence-corrected chi connectivity index (χ0v) is 12.2. The molecule has 0 amide bonds. The van der Waals surface area contributed by atoms with E-state index in [1.165, 1.54) is 26.6 Å². The largest absolute Gasteiger partial charge is 0.468 e. The molecular weight excluding hydrogens is 228 g/mol. The number of hydrogen-bond acceptors (Lipinski definition) is 4. The van der Waals surface area contributed by atoms with E-state index in [0.29, 0.717) is 6.42 Å².